The van der Waals surface area contributed by atoms with Crippen LogP contribution in [0, 0.1) is 0 Å². The van der Waals surface area contributed by atoms with Gasteiger partial charge in [0.25, 0.3) is 0 Å². The summed E-state index contributed by atoms with van der Waals surface area (Å²) in [6.07, 6.45) is 1.27. The lowest BCUT2D eigenvalue weighted by atomic mass is 10.0. The van der Waals surface area contributed by atoms with Crippen LogP contribution in [0.3, 0.4) is 0 Å². The lowest BCUT2D eigenvalue weighted by molar-refractivity contribution is 0.299. The van der Waals surface area contributed by atoms with Crippen LogP contribution in [0.4, 0.5) is 0 Å². The molecule has 0 spiro atoms. The molecule has 0 aliphatic rings. The predicted molar refractivity (Wildman–Crippen MR) is 96.7 cm³/mol. The maximum absolute atomic E-state index is 12.3. The van der Waals surface area contributed by atoms with Crippen LogP contribution in [0.25, 0.3) is 0 Å². The molecule has 0 saturated carbocycles. The zero-order valence-corrected chi connectivity index (χ0v) is 15.0. The molecule has 5 heteroatoms. The van der Waals surface area contributed by atoms with Crippen LogP contribution in [0.2, 0.25) is 0 Å². The van der Waals surface area contributed by atoms with E-state index in [1.165, 1.54) is 0 Å². The Morgan fingerprint density at radius 1 is 0.917 bits per heavy atom. The third-order valence-electron chi connectivity index (χ3n) is 3.99. The summed E-state index contributed by atoms with van der Waals surface area (Å²) in [7, 11) is -3.47. The van der Waals surface area contributed by atoms with Gasteiger partial charge in [0, 0.05) is 13.2 Å². The number of sulfonamides is 1. The van der Waals surface area contributed by atoms with E-state index in [-0.39, 0.29) is 6.61 Å². The third kappa shape index (κ3) is 5.16. The fraction of sp³-hybridized carbons (Fsp3) is 0.368. The minimum atomic E-state index is -3.47. The van der Waals surface area contributed by atoms with Crippen molar-refractivity contribution in [3.05, 3.63) is 65.2 Å². The zero-order valence-electron chi connectivity index (χ0n) is 14.2. The SMILES string of the molecule is CC(C)c1ccc(S(=O)(=O)NCCc2ccc(CCO)cc2)cc1. The molecule has 2 N–H and O–H groups in total. The smallest absolute Gasteiger partial charge is 0.240 e. The van der Waals surface area contributed by atoms with Gasteiger partial charge < -0.3 is 5.11 Å². The lowest BCUT2D eigenvalue weighted by Crippen LogP contribution is -2.26. The molecule has 0 saturated heterocycles. The number of rotatable bonds is 8. The van der Waals surface area contributed by atoms with Crippen molar-refractivity contribution in [3.8, 4) is 0 Å². The highest BCUT2D eigenvalue weighted by Gasteiger charge is 2.13. The van der Waals surface area contributed by atoms with E-state index < -0.39 is 10.0 Å². The molecule has 0 bridgehead atoms. The van der Waals surface area contributed by atoms with Gasteiger partial charge >= 0.3 is 0 Å². The number of hydrogen-bond donors (Lipinski definition) is 2. The van der Waals surface area contributed by atoms with E-state index in [1.54, 1.807) is 12.1 Å². The molecule has 2 aromatic rings. The molecule has 2 aromatic carbocycles. The topological polar surface area (TPSA) is 66.4 Å². The quantitative estimate of drug-likeness (QED) is 0.772. The van der Waals surface area contributed by atoms with Crippen LogP contribution in [0.5, 0.6) is 0 Å². The largest absolute Gasteiger partial charge is 0.396 e. The average Bonchev–Trinajstić information content (AvgIpc) is 2.57. The fourth-order valence-corrected chi connectivity index (χ4v) is 3.48. The van der Waals surface area contributed by atoms with Crippen LogP contribution in [-0.2, 0) is 22.9 Å². The van der Waals surface area contributed by atoms with Crippen LogP contribution in [0.15, 0.2) is 53.4 Å². The summed E-state index contributed by atoms with van der Waals surface area (Å²) in [5.41, 5.74) is 3.26. The second kappa shape index (κ2) is 8.42. The zero-order chi connectivity index (χ0) is 17.6. The maximum Gasteiger partial charge on any atom is 0.240 e. The van der Waals surface area contributed by atoms with Crippen molar-refractivity contribution in [1.82, 2.24) is 4.72 Å². The number of aliphatic hydroxyl groups excluding tert-OH is 1. The molecule has 0 heterocycles. The molecular formula is C19H25NO3S. The molecule has 0 aliphatic heterocycles. The standard InChI is InChI=1S/C19H25NO3S/c1-15(2)18-7-9-19(10-8-18)24(22,23)20-13-11-16-3-5-17(6-4-16)12-14-21/h3-10,15,20-21H,11-14H2,1-2H3. The van der Waals surface area contributed by atoms with Crippen LogP contribution >= 0.6 is 0 Å². The average molecular weight is 347 g/mol. The van der Waals surface area contributed by atoms with E-state index >= 15 is 0 Å². The van der Waals surface area contributed by atoms with Crippen molar-refractivity contribution in [1.29, 1.82) is 0 Å². The first-order valence-corrected chi connectivity index (χ1v) is 9.69. The van der Waals surface area contributed by atoms with Gasteiger partial charge in [-0.2, -0.15) is 0 Å². The number of nitrogens with one attached hydrogen (secondary N) is 1. The minimum absolute atomic E-state index is 0.134. The molecule has 0 amide bonds. The second-order valence-corrected chi connectivity index (χ2v) is 7.93. The maximum atomic E-state index is 12.3. The molecule has 24 heavy (non-hydrogen) atoms. The molecular weight excluding hydrogens is 322 g/mol. The Morgan fingerprint density at radius 3 is 1.96 bits per heavy atom. The van der Waals surface area contributed by atoms with Crippen molar-refractivity contribution in [2.45, 2.75) is 37.5 Å². The van der Waals surface area contributed by atoms with Crippen molar-refractivity contribution in [2.24, 2.45) is 0 Å². The highest BCUT2D eigenvalue weighted by molar-refractivity contribution is 7.89. The molecule has 0 radical (unpaired) electrons. The van der Waals surface area contributed by atoms with Gasteiger partial charge in [-0.1, -0.05) is 50.2 Å². The molecule has 0 fully saturated rings. The number of hydrogen-bond acceptors (Lipinski definition) is 3. The normalized spacial score (nSPS) is 11.8. The molecule has 0 aliphatic carbocycles. The summed E-state index contributed by atoms with van der Waals surface area (Å²) in [5.74, 6) is 0.378. The Bertz CT molecular complexity index is 735. The Morgan fingerprint density at radius 2 is 1.46 bits per heavy atom. The summed E-state index contributed by atoms with van der Waals surface area (Å²) in [4.78, 5) is 0.296. The van der Waals surface area contributed by atoms with Gasteiger partial charge in [0.2, 0.25) is 10.0 Å². The Labute approximate surface area is 144 Å². The van der Waals surface area contributed by atoms with E-state index in [2.05, 4.69) is 18.6 Å². The van der Waals surface area contributed by atoms with E-state index in [0.717, 1.165) is 16.7 Å². The fourth-order valence-electron chi connectivity index (χ4n) is 2.45. The van der Waals surface area contributed by atoms with Crippen molar-refractivity contribution < 1.29 is 13.5 Å². The van der Waals surface area contributed by atoms with E-state index in [0.29, 0.717) is 30.2 Å². The predicted octanol–water partition coefficient (Wildman–Crippen LogP) is 2.87. The van der Waals surface area contributed by atoms with Gasteiger partial charge in [0.05, 0.1) is 4.90 Å². The Hall–Kier alpha value is -1.69. The van der Waals surface area contributed by atoms with Crippen molar-refractivity contribution in [3.63, 3.8) is 0 Å². The first kappa shape index (κ1) is 18.6. The molecule has 0 aromatic heterocycles. The molecule has 0 unspecified atom stereocenters. The Balaban J connectivity index is 1.92. The minimum Gasteiger partial charge on any atom is -0.396 e. The molecule has 130 valence electrons. The van der Waals surface area contributed by atoms with Crippen molar-refractivity contribution >= 4 is 10.0 Å². The highest BCUT2D eigenvalue weighted by atomic mass is 32.2. The number of aliphatic hydroxyl groups is 1. The number of benzene rings is 2. The van der Waals surface area contributed by atoms with Crippen LogP contribution in [-0.4, -0.2) is 26.7 Å². The molecule has 4 nitrogen and oxygen atoms in total. The van der Waals surface area contributed by atoms with E-state index in [4.69, 9.17) is 5.11 Å². The van der Waals surface area contributed by atoms with Gasteiger partial charge in [0.1, 0.15) is 0 Å². The summed E-state index contributed by atoms with van der Waals surface area (Å²) < 4.78 is 27.3. The summed E-state index contributed by atoms with van der Waals surface area (Å²) in [6.45, 7) is 4.64. The van der Waals surface area contributed by atoms with Crippen molar-refractivity contribution in [2.75, 3.05) is 13.2 Å². The first-order valence-electron chi connectivity index (χ1n) is 8.20. The molecule has 2 rings (SSSR count). The van der Waals surface area contributed by atoms with Crippen LogP contribution in [0.1, 0.15) is 36.5 Å². The van der Waals surface area contributed by atoms with Gasteiger partial charge in [-0.3, -0.25) is 0 Å². The second-order valence-electron chi connectivity index (χ2n) is 6.16. The summed E-state index contributed by atoms with van der Waals surface area (Å²) >= 11 is 0. The monoisotopic (exact) mass is 347 g/mol. The van der Waals surface area contributed by atoms with Gasteiger partial charge in [-0.25, -0.2) is 13.1 Å². The van der Waals surface area contributed by atoms with E-state index in [9.17, 15) is 8.42 Å². The highest BCUT2D eigenvalue weighted by Crippen LogP contribution is 2.17. The van der Waals surface area contributed by atoms with Gasteiger partial charge in [0.15, 0.2) is 0 Å². The first-order chi connectivity index (χ1) is 11.4. The van der Waals surface area contributed by atoms with E-state index in [1.807, 2.05) is 36.4 Å². The molecule has 0 atom stereocenters. The Kier molecular flexibility index (Phi) is 6.54. The van der Waals surface area contributed by atoms with Gasteiger partial charge in [-0.15, -0.1) is 0 Å². The lowest BCUT2D eigenvalue weighted by Gasteiger charge is -2.09. The van der Waals surface area contributed by atoms with Crippen LogP contribution < -0.4 is 4.72 Å². The summed E-state index contributed by atoms with van der Waals surface area (Å²) in [5, 5.41) is 8.90. The summed E-state index contributed by atoms with van der Waals surface area (Å²) in [6, 6.07) is 14.9. The van der Waals surface area contributed by atoms with Gasteiger partial charge in [-0.05, 0) is 47.6 Å². The third-order valence-corrected chi connectivity index (χ3v) is 5.46.